The quantitative estimate of drug-likeness (QED) is 0.316. The zero-order valence-electron chi connectivity index (χ0n) is 25.6. The highest BCUT2D eigenvalue weighted by atomic mass is 32.2. The second kappa shape index (κ2) is 11.2. The predicted octanol–water partition coefficient (Wildman–Crippen LogP) is 7.64. The van der Waals surface area contributed by atoms with Crippen LogP contribution in [0, 0.1) is 53.3 Å². The Morgan fingerprint density at radius 1 is 1.00 bits per heavy atom. The number of aryl methyl sites for hydroxylation is 1. The van der Waals surface area contributed by atoms with Crippen molar-refractivity contribution in [3.8, 4) is 0 Å². The van der Waals surface area contributed by atoms with Crippen LogP contribution in [0.25, 0.3) is 0 Å². The summed E-state index contributed by atoms with van der Waals surface area (Å²) in [6, 6.07) is 6.94. The standard InChI is InChI=1S/C34H52N2O3S/c1-22(2)8-7-9-24(4)28-14-15-29-32-30(17-19-34(28,29)6)33(5)18-16-26(37)20-25(33)21-31(32)35-36-40(38,39)27-12-10-23(3)11-13-27/h10-13,21-22,24,26,28-30,32,36-37H,7-9,14-20H2,1-6H3/b35-31-/t24-,26+,28-,29+,30?,32?,33+,34-/m1/s1. The Kier molecular flexibility index (Phi) is 8.35. The lowest BCUT2D eigenvalue weighted by Crippen LogP contribution is -2.54. The summed E-state index contributed by atoms with van der Waals surface area (Å²) in [5.41, 5.74) is 3.50. The second-order valence-corrected chi connectivity index (χ2v) is 16.4. The van der Waals surface area contributed by atoms with Crippen LogP contribution < -0.4 is 4.83 Å². The van der Waals surface area contributed by atoms with Crippen molar-refractivity contribution < 1.29 is 13.5 Å². The molecular weight excluding hydrogens is 516 g/mol. The zero-order chi connectivity index (χ0) is 28.9. The third-order valence-electron chi connectivity index (χ3n) is 11.8. The molecular formula is C34H52N2O3S. The topological polar surface area (TPSA) is 78.8 Å². The van der Waals surface area contributed by atoms with Gasteiger partial charge in [-0.3, -0.25) is 0 Å². The van der Waals surface area contributed by atoms with Crippen LogP contribution in [0.15, 0.2) is 45.9 Å². The summed E-state index contributed by atoms with van der Waals surface area (Å²) in [6.45, 7) is 14.0. The number of allylic oxidation sites excluding steroid dienone is 1. The molecule has 222 valence electrons. The molecule has 3 saturated carbocycles. The van der Waals surface area contributed by atoms with Crippen molar-refractivity contribution in [1.82, 2.24) is 4.83 Å². The van der Waals surface area contributed by atoms with Crippen LogP contribution in [-0.2, 0) is 10.0 Å². The molecule has 0 aromatic heterocycles. The molecule has 0 saturated heterocycles. The van der Waals surface area contributed by atoms with Crippen LogP contribution in [0.4, 0.5) is 0 Å². The zero-order valence-corrected chi connectivity index (χ0v) is 26.4. The van der Waals surface area contributed by atoms with Crippen molar-refractivity contribution in [2.45, 2.75) is 117 Å². The summed E-state index contributed by atoms with van der Waals surface area (Å²) in [5.74, 6) is 3.37. The minimum atomic E-state index is -3.76. The molecule has 0 bridgehead atoms. The van der Waals surface area contributed by atoms with Crippen LogP contribution in [0.5, 0.6) is 0 Å². The normalized spacial score (nSPS) is 37.5. The maximum Gasteiger partial charge on any atom is 0.276 e. The molecule has 1 aromatic carbocycles. The van der Waals surface area contributed by atoms with Gasteiger partial charge < -0.3 is 5.11 Å². The van der Waals surface area contributed by atoms with Crippen molar-refractivity contribution in [3.05, 3.63) is 41.5 Å². The molecule has 2 N–H and O–H groups in total. The SMILES string of the molecule is Cc1ccc(S(=O)(=O)N/N=C2/C=C3C[C@@H](O)CC[C@]3(C)C3CC[C@]4(C)[C@@H]([C@H](C)CCCC(C)C)CC[C@H]4C23)cc1. The lowest BCUT2D eigenvalue weighted by molar-refractivity contribution is -0.0302. The highest BCUT2D eigenvalue weighted by molar-refractivity contribution is 7.89. The van der Waals surface area contributed by atoms with Gasteiger partial charge in [-0.1, -0.05) is 77.2 Å². The van der Waals surface area contributed by atoms with Gasteiger partial charge in [0, 0.05) is 5.92 Å². The number of nitrogens with zero attached hydrogens (tertiary/aromatic N) is 1. The van der Waals surface area contributed by atoms with E-state index in [2.05, 4.69) is 45.5 Å². The van der Waals surface area contributed by atoms with Crippen molar-refractivity contribution in [1.29, 1.82) is 0 Å². The number of fused-ring (bicyclic) bond motifs is 5. The summed E-state index contributed by atoms with van der Waals surface area (Å²) >= 11 is 0. The number of aliphatic hydroxyl groups is 1. The lowest BCUT2D eigenvalue weighted by atomic mass is 9.46. The first kappa shape index (κ1) is 29.8. The van der Waals surface area contributed by atoms with Crippen molar-refractivity contribution in [2.24, 2.45) is 51.4 Å². The molecule has 5 rings (SSSR count). The van der Waals surface area contributed by atoms with Gasteiger partial charge in [-0.15, -0.1) is 0 Å². The Labute approximate surface area is 243 Å². The number of nitrogens with one attached hydrogen (secondary N) is 1. The van der Waals surface area contributed by atoms with Gasteiger partial charge in [0.15, 0.2) is 0 Å². The Morgan fingerprint density at radius 2 is 1.73 bits per heavy atom. The molecule has 5 nitrogen and oxygen atoms in total. The summed E-state index contributed by atoms with van der Waals surface area (Å²) in [5, 5.41) is 15.3. The van der Waals surface area contributed by atoms with Gasteiger partial charge in [-0.25, -0.2) is 0 Å². The van der Waals surface area contributed by atoms with E-state index in [4.69, 9.17) is 5.10 Å². The van der Waals surface area contributed by atoms with Gasteiger partial charge >= 0.3 is 0 Å². The van der Waals surface area contributed by atoms with Gasteiger partial charge in [0.1, 0.15) is 0 Å². The number of hydrogen-bond acceptors (Lipinski definition) is 4. The molecule has 3 fully saturated rings. The van der Waals surface area contributed by atoms with E-state index in [9.17, 15) is 13.5 Å². The van der Waals surface area contributed by atoms with Gasteiger partial charge in [-0.2, -0.15) is 18.4 Å². The lowest BCUT2D eigenvalue weighted by Gasteiger charge is -2.58. The molecule has 0 heterocycles. The summed E-state index contributed by atoms with van der Waals surface area (Å²) < 4.78 is 26.5. The average molecular weight is 569 g/mol. The van der Waals surface area contributed by atoms with E-state index >= 15 is 0 Å². The maximum absolute atomic E-state index is 13.2. The number of hydrazone groups is 1. The highest BCUT2D eigenvalue weighted by Crippen LogP contribution is 2.66. The molecule has 4 aliphatic carbocycles. The van der Waals surface area contributed by atoms with Crippen molar-refractivity contribution >= 4 is 15.7 Å². The first-order chi connectivity index (χ1) is 18.8. The van der Waals surface area contributed by atoms with E-state index in [1.165, 1.54) is 44.1 Å². The Bertz CT molecular complexity index is 1240. The van der Waals surface area contributed by atoms with Crippen molar-refractivity contribution in [3.63, 3.8) is 0 Å². The molecule has 40 heavy (non-hydrogen) atoms. The Hall–Kier alpha value is -1.66. The van der Waals surface area contributed by atoms with E-state index in [0.29, 0.717) is 30.1 Å². The minimum absolute atomic E-state index is 0.0566. The Balaban J connectivity index is 1.48. The van der Waals surface area contributed by atoms with E-state index < -0.39 is 10.0 Å². The van der Waals surface area contributed by atoms with Gasteiger partial charge in [0.05, 0.1) is 16.7 Å². The summed E-state index contributed by atoms with van der Waals surface area (Å²) in [6.07, 6.45) is 13.2. The molecule has 0 aliphatic heterocycles. The van der Waals surface area contributed by atoms with Crippen LogP contribution in [0.1, 0.15) is 104 Å². The maximum atomic E-state index is 13.2. The van der Waals surface area contributed by atoms with Crippen LogP contribution in [-0.4, -0.2) is 25.3 Å². The minimum Gasteiger partial charge on any atom is -0.393 e. The number of rotatable bonds is 8. The molecule has 0 amide bonds. The molecule has 6 heteroatoms. The van der Waals surface area contributed by atoms with E-state index in [0.717, 1.165) is 36.5 Å². The fourth-order valence-electron chi connectivity index (χ4n) is 9.42. The smallest absolute Gasteiger partial charge is 0.276 e. The predicted molar refractivity (Wildman–Crippen MR) is 163 cm³/mol. The molecule has 0 spiro atoms. The van der Waals surface area contributed by atoms with E-state index in [1.54, 1.807) is 12.1 Å². The van der Waals surface area contributed by atoms with Gasteiger partial charge in [0.25, 0.3) is 10.0 Å². The molecule has 2 unspecified atom stereocenters. The number of aliphatic hydroxyl groups excluding tert-OH is 1. The van der Waals surface area contributed by atoms with Gasteiger partial charge in [-0.05, 0) is 110 Å². The molecule has 0 radical (unpaired) electrons. The highest BCUT2D eigenvalue weighted by Gasteiger charge is 2.60. The monoisotopic (exact) mass is 568 g/mol. The van der Waals surface area contributed by atoms with E-state index in [-0.39, 0.29) is 27.7 Å². The number of benzene rings is 1. The molecule has 1 aromatic rings. The summed E-state index contributed by atoms with van der Waals surface area (Å²) in [7, 11) is -3.76. The molecule has 4 aliphatic rings. The number of hydrogen-bond donors (Lipinski definition) is 2. The van der Waals surface area contributed by atoms with Crippen LogP contribution in [0.2, 0.25) is 0 Å². The largest absolute Gasteiger partial charge is 0.393 e. The average Bonchev–Trinajstić information content (AvgIpc) is 3.25. The first-order valence-electron chi connectivity index (χ1n) is 15.9. The first-order valence-corrected chi connectivity index (χ1v) is 17.4. The third kappa shape index (κ3) is 5.44. The fourth-order valence-corrected chi connectivity index (χ4v) is 10.2. The second-order valence-electron chi connectivity index (χ2n) is 14.7. The van der Waals surface area contributed by atoms with Crippen LogP contribution >= 0.6 is 0 Å². The van der Waals surface area contributed by atoms with Crippen LogP contribution in [0.3, 0.4) is 0 Å². The van der Waals surface area contributed by atoms with Crippen molar-refractivity contribution in [2.75, 3.05) is 0 Å². The van der Waals surface area contributed by atoms with Gasteiger partial charge in [0.2, 0.25) is 0 Å². The number of sulfonamides is 1. The Morgan fingerprint density at radius 3 is 2.42 bits per heavy atom. The fraction of sp³-hybridized carbons (Fsp3) is 0.735. The molecule has 8 atom stereocenters. The third-order valence-corrected chi connectivity index (χ3v) is 13.0. The van der Waals surface area contributed by atoms with E-state index in [1.807, 2.05) is 19.1 Å². The summed E-state index contributed by atoms with van der Waals surface area (Å²) in [4.78, 5) is 2.88.